The van der Waals surface area contributed by atoms with Crippen LogP contribution in [0.4, 0.5) is 4.79 Å². The van der Waals surface area contributed by atoms with Gasteiger partial charge < -0.3 is 9.84 Å². The van der Waals surface area contributed by atoms with Crippen molar-refractivity contribution in [2.75, 3.05) is 13.7 Å². The van der Waals surface area contributed by atoms with Gasteiger partial charge in [0.1, 0.15) is 5.54 Å². The standard InChI is InChI=1S/C8H14N2O5/c1-8(2,6(12)13)9-4-5(11)10-7(14)15-3/h9H,4H2,1-3H3,(H,12,13)(H,10,11,14). The van der Waals surface area contributed by atoms with E-state index in [2.05, 4.69) is 10.1 Å². The molecule has 0 aromatic heterocycles. The van der Waals surface area contributed by atoms with E-state index >= 15 is 0 Å². The van der Waals surface area contributed by atoms with Crippen molar-refractivity contribution in [3.8, 4) is 0 Å². The van der Waals surface area contributed by atoms with Crippen molar-refractivity contribution in [2.24, 2.45) is 0 Å². The summed E-state index contributed by atoms with van der Waals surface area (Å²) >= 11 is 0. The van der Waals surface area contributed by atoms with Gasteiger partial charge in [-0.15, -0.1) is 0 Å². The molecule has 0 bridgehead atoms. The Hall–Kier alpha value is -1.63. The Labute approximate surface area is 86.8 Å². The van der Waals surface area contributed by atoms with Crippen molar-refractivity contribution in [3.63, 3.8) is 0 Å². The summed E-state index contributed by atoms with van der Waals surface area (Å²) in [4.78, 5) is 32.2. The van der Waals surface area contributed by atoms with E-state index in [0.29, 0.717) is 0 Å². The summed E-state index contributed by atoms with van der Waals surface area (Å²) < 4.78 is 4.19. The van der Waals surface area contributed by atoms with Crippen molar-refractivity contribution in [1.82, 2.24) is 10.6 Å². The molecule has 15 heavy (non-hydrogen) atoms. The highest BCUT2D eigenvalue weighted by atomic mass is 16.5. The number of carbonyl (C=O) groups is 3. The molecular formula is C8H14N2O5. The first-order valence-corrected chi connectivity index (χ1v) is 4.16. The minimum absolute atomic E-state index is 0.283. The Balaban J connectivity index is 4.01. The number of carboxylic acid groups (broad SMARTS) is 1. The maximum atomic E-state index is 11.0. The second kappa shape index (κ2) is 5.30. The fourth-order valence-corrected chi connectivity index (χ4v) is 0.586. The molecule has 0 unspecified atom stereocenters. The normalized spacial score (nSPS) is 10.6. The number of amides is 2. The third-order valence-corrected chi connectivity index (χ3v) is 1.65. The molecule has 2 amide bonds. The fraction of sp³-hybridized carbons (Fsp3) is 0.625. The van der Waals surface area contributed by atoms with Crippen LogP contribution in [0.1, 0.15) is 13.8 Å². The summed E-state index contributed by atoms with van der Waals surface area (Å²) in [6.07, 6.45) is -0.880. The van der Waals surface area contributed by atoms with Gasteiger partial charge in [0.05, 0.1) is 13.7 Å². The second-order valence-electron chi connectivity index (χ2n) is 3.32. The van der Waals surface area contributed by atoms with Crippen LogP contribution in [0.2, 0.25) is 0 Å². The number of alkyl carbamates (subject to hydrolysis) is 1. The highest BCUT2D eigenvalue weighted by molar-refractivity contribution is 5.93. The number of carbonyl (C=O) groups excluding carboxylic acids is 2. The Morgan fingerprint density at radius 1 is 1.33 bits per heavy atom. The maximum absolute atomic E-state index is 11.0. The number of hydrogen-bond donors (Lipinski definition) is 3. The average molecular weight is 218 g/mol. The number of imide groups is 1. The molecule has 0 atom stereocenters. The summed E-state index contributed by atoms with van der Waals surface area (Å²) in [7, 11) is 1.12. The largest absolute Gasteiger partial charge is 0.480 e. The van der Waals surface area contributed by atoms with Crippen LogP contribution in [0.5, 0.6) is 0 Å². The van der Waals surface area contributed by atoms with E-state index in [0.717, 1.165) is 7.11 Å². The number of aliphatic carboxylic acids is 1. The minimum Gasteiger partial charge on any atom is -0.480 e. The summed E-state index contributed by atoms with van der Waals surface area (Å²) in [5.74, 6) is -1.75. The van der Waals surface area contributed by atoms with Crippen LogP contribution >= 0.6 is 0 Å². The molecule has 0 saturated heterocycles. The first-order chi connectivity index (χ1) is 6.79. The molecule has 0 rings (SSSR count). The maximum Gasteiger partial charge on any atom is 0.413 e. The molecule has 0 aromatic rings. The molecule has 0 aliphatic heterocycles. The summed E-state index contributed by atoms with van der Waals surface area (Å²) in [6.45, 7) is 2.52. The van der Waals surface area contributed by atoms with E-state index in [1.807, 2.05) is 5.32 Å². The van der Waals surface area contributed by atoms with E-state index in [1.54, 1.807) is 0 Å². The Bertz CT molecular complexity index is 274. The monoisotopic (exact) mass is 218 g/mol. The number of ether oxygens (including phenoxy) is 1. The van der Waals surface area contributed by atoms with E-state index < -0.39 is 23.5 Å². The number of rotatable bonds is 4. The predicted octanol–water partition coefficient (Wildman–Crippen LogP) is -0.678. The van der Waals surface area contributed by atoms with Gasteiger partial charge in [0, 0.05) is 0 Å². The summed E-state index contributed by atoms with van der Waals surface area (Å²) in [5.41, 5.74) is -1.23. The molecule has 86 valence electrons. The zero-order valence-corrected chi connectivity index (χ0v) is 8.79. The lowest BCUT2D eigenvalue weighted by molar-refractivity contribution is -0.143. The van der Waals surface area contributed by atoms with Crippen LogP contribution in [-0.2, 0) is 14.3 Å². The molecule has 0 spiro atoms. The third-order valence-electron chi connectivity index (χ3n) is 1.65. The van der Waals surface area contributed by atoms with Gasteiger partial charge in [-0.2, -0.15) is 0 Å². The number of carboxylic acids is 1. The van der Waals surface area contributed by atoms with Gasteiger partial charge in [0.25, 0.3) is 0 Å². The lowest BCUT2D eigenvalue weighted by atomic mass is 10.1. The fourth-order valence-electron chi connectivity index (χ4n) is 0.586. The van der Waals surface area contributed by atoms with Crippen LogP contribution in [0.25, 0.3) is 0 Å². The van der Waals surface area contributed by atoms with Crippen molar-refractivity contribution in [2.45, 2.75) is 19.4 Å². The van der Waals surface area contributed by atoms with Gasteiger partial charge in [0.2, 0.25) is 5.91 Å². The average Bonchev–Trinajstić information content (AvgIpc) is 2.14. The van der Waals surface area contributed by atoms with Crippen LogP contribution in [0, 0.1) is 0 Å². The van der Waals surface area contributed by atoms with Crippen LogP contribution in [-0.4, -0.2) is 42.3 Å². The van der Waals surface area contributed by atoms with Crippen molar-refractivity contribution in [3.05, 3.63) is 0 Å². The number of nitrogens with one attached hydrogen (secondary N) is 2. The molecule has 7 nitrogen and oxygen atoms in total. The first kappa shape index (κ1) is 13.4. The van der Waals surface area contributed by atoms with Crippen molar-refractivity contribution >= 4 is 18.0 Å². The van der Waals surface area contributed by atoms with E-state index in [-0.39, 0.29) is 6.54 Å². The minimum atomic E-state index is -1.23. The van der Waals surface area contributed by atoms with Crippen LogP contribution in [0.15, 0.2) is 0 Å². The second-order valence-corrected chi connectivity index (χ2v) is 3.32. The van der Waals surface area contributed by atoms with Gasteiger partial charge in [-0.05, 0) is 13.8 Å². The predicted molar refractivity (Wildman–Crippen MR) is 50.3 cm³/mol. The summed E-state index contributed by atoms with van der Waals surface area (Å²) in [6, 6.07) is 0. The highest BCUT2D eigenvalue weighted by Crippen LogP contribution is 2.00. The van der Waals surface area contributed by atoms with Gasteiger partial charge in [-0.1, -0.05) is 0 Å². The highest BCUT2D eigenvalue weighted by Gasteiger charge is 2.27. The van der Waals surface area contributed by atoms with Gasteiger partial charge in [-0.25, -0.2) is 4.79 Å². The zero-order chi connectivity index (χ0) is 12.1. The molecule has 0 aliphatic carbocycles. The topological polar surface area (TPSA) is 105 Å². The molecule has 0 aliphatic rings. The van der Waals surface area contributed by atoms with E-state index in [1.165, 1.54) is 13.8 Å². The smallest absolute Gasteiger partial charge is 0.413 e. The molecular weight excluding hydrogens is 204 g/mol. The third kappa shape index (κ3) is 4.96. The van der Waals surface area contributed by atoms with Crippen molar-refractivity contribution in [1.29, 1.82) is 0 Å². The molecule has 0 saturated carbocycles. The Morgan fingerprint density at radius 2 is 1.87 bits per heavy atom. The molecule has 0 aromatic carbocycles. The van der Waals surface area contributed by atoms with E-state index in [9.17, 15) is 14.4 Å². The van der Waals surface area contributed by atoms with E-state index in [4.69, 9.17) is 5.11 Å². The Morgan fingerprint density at radius 3 is 2.27 bits per heavy atom. The van der Waals surface area contributed by atoms with Crippen LogP contribution in [0.3, 0.4) is 0 Å². The van der Waals surface area contributed by atoms with Gasteiger partial charge in [0.15, 0.2) is 0 Å². The lowest BCUT2D eigenvalue weighted by Crippen LogP contribution is -2.51. The van der Waals surface area contributed by atoms with Gasteiger partial charge in [-0.3, -0.25) is 20.2 Å². The number of hydrogen-bond acceptors (Lipinski definition) is 5. The van der Waals surface area contributed by atoms with Crippen LogP contribution < -0.4 is 10.6 Å². The zero-order valence-electron chi connectivity index (χ0n) is 8.79. The lowest BCUT2D eigenvalue weighted by Gasteiger charge is -2.20. The molecule has 0 fully saturated rings. The first-order valence-electron chi connectivity index (χ1n) is 4.16. The summed E-state index contributed by atoms with van der Waals surface area (Å²) in [5, 5.41) is 13.1. The molecule has 3 N–H and O–H groups in total. The Kier molecular flexibility index (Phi) is 4.72. The molecule has 0 heterocycles. The molecule has 0 radical (unpaired) electrons. The van der Waals surface area contributed by atoms with Gasteiger partial charge >= 0.3 is 12.1 Å². The number of methoxy groups -OCH3 is 1. The molecule has 7 heteroatoms. The SMILES string of the molecule is COC(=O)NC(=O)CNC(C)(C)C(=O)O. The van der Waals surface area contributed by atoms with Crippen molar-refractivity contribution < 1.29 is 24.2 Å². The quantitative estimate of drug-likeness (QED) is 0.577.